The van der Waals surface area contributed by atoms with E-state index in [1.165, 1.54) is 0 Å². The van der Waals surface area contributed by atoms with Gasteiger partial charge < -0.3 is 5.73 Å². The summed E-state index contributed by atoms with van der Waals surface area (Å²) in [5, 5.41) is 0. The summed E-state index contributed by atoms with van der Waals surface area (Å²) in [7, 11) is 0. The first-order valence-corrected chi connectivity index (χ1v) is 3.30. The van der Waals surface area contributed by atoms with E-state index in [1.54, 1.807) is 0 Å². The van der Waals surface area contributed by atoms with Crippen LogP contribution in [0, 0.1) is 5.92 Å². The van der Waals surface area contributed by atoms with Crippen molar-refractivity contribution in [2.45, 2.75) is 13.8 Å². The largest absolute Gasteiger partial charge is 0.327 e. The predicted octanol–water partition coefficient (Wildman–Crippen LogP) is 1.71. The van der Waals surface area contributed by atoms with Gasteiger partial charge >= 0.3 is 0 Å². The molecule has 0 rings (SSSR count). The smallest absolute Gasteiger partial charge is 0.0109 e. The van der Waals surface area contributed by atoms with E-state index in [0.29, 0.717) is 12.5 Å². The minimum Gasteiger partial charge on any atom is -0.327 e. The van der Waals surface area contributed by atoms with E-state index in [-0.39, 0.29) is 0 Å². The van der Waals surface area contributed by atoms with E-state index in [2.05, 4.69) is 19.9 Å². The Morgan fingerprint density at radius 2 is 2.00 bits per heavy atom. The summed E-state index contributed by atoms with van der Waals surface area (Å²) in [6.45, 7) is 4.92. The summed E-state index contributed by atoms with van der Waals surface area (Å²) in [5.41, 5.74) is 5.22. The Bertz CT molecular complexity index is 101. The van der Waals surface area contributed by atoms with Gasteiger partial charge in [-0.05, 0) is 5.92 Å². The molecule has 0 saturated heterocycles. The van der Waals surface area contributed by atoms with Gasteiger partial charge in [-0.3, -0.25) is 0 Å². The summed E-state index contributed by atoms with van der Waals surface area (Å²) in [5.74, 6) is 0.632. The summed E-state index contributed by atoms with van der Waals surface area (Å²) >= 11 is 0. The van der Waals surface area contributed by atoms with Crippen LogP contribution in [0.2, 0.25) is 0 Å². The molecule has 0 aromatic heterocycles. The first-order chi connectivity index (χ1) is 4.27. The fourth-order valence-electron chi connectivity index (χ4n) is 0.444. The zero-order valence-electron chi connectivity index (χ0n) is 6.17. The lowest BCUT2D eigenvalue weighted by Gasteiger charge is -1.88. The maximum Gasteiger partial charge on any atom is 0.0109 e. The lowest BCUT2D eigenvalue weighted by Crippen LogP contribution is -1.91. The molecule has 9 heavy (non-hydrogen) atoms. The molecule has 0 bridgehead atoms. The van der Waals surface area contributed by atoms with Crippen LogP contribution in [0.15, 0.2) is 24.3 Å². The summed E-state index contributed by atoms with van der Waals surface area (Å²) < 4.78 is 0. The molecule has 0 aliphatic heterocycles. The molecule has 0 saturated carbocycles. The third kappa shape index (κ3) is 7.44. The van der Waals surface area contributed by atoms with Gasteiger partial charge in [-0.1, -0.05) is 38.2 Å². The van der Waals surface area contributed by atoms with Crippen LogP contribution < -0.4 is 5.73 Å². The summed E-state index contributed by atoms with van der Waals surface area (Å²) in [4.78, 5) is 0. The topological polar surface area (TPSA) is 26.0 Å². The number of hydrogen-bond donors (Lipinski definition) is 1. The van der Waals surface area contributed by atoms with Crippen molar-refractivity contribution in [1.29, 1.82) is 0 Å². The highest BCUT2D eigenvalue weighted by Gasteiger charge is 1.78. The predicted molar refractivity (Wildman–Crippen MR) is 42.2 cm³/mol. The molecule has 0 radical (unpaired) electrons. The zero-order valence-corrected chi connectivity index (χ0v) is 6.17. The van der Waals surface area contributed by atoms with E-state index in [1.807, 2.05) is 18.2 Å². The molecule has 2 N–H and O–H groups in total. The van der Waals surface area contributed by atoms with Crippen molar-refractivity contribution in [3.8, 4) is 0 Å². The molecule has 0 aromatic rings. The molecule has 0 aliphatic rings. The Morgan fingerprint density at radius 3 is 2.44 bits per heavy atom. The van der Waals surface area contributed by atoms with Crippen molar-refractivity contribution in [1.82, 2.24) is 0 Å². The molecule has 0 amide bonds. The zero-order chi connectivity index (χ0) is 7.11. The van der Waals surface area contributed by atoms with Crippen molar-refractivity contribution < 1.29 is 0 Å². The molecule has 0 aromatic carbocycles. The van der Waals surface area contributed by atoms with E-state index in [9.17, 15) is 0 Å². The fourth-order valence-corrected chi connectivity index (χ4v) is 0.444. The molecule has 0 spiro atoms. The Kier molecular flexibility index (Phi) is 5.23. The average Bonchev–Trinajstić information content (AvgIpc) is 1.80. The number of nitrogens with two attached hydrogens (primary N) is 1. The molecule has 0 aliphatic carbocycles. The van der Waals surface area contributed by atoms with Gasteiger partial charge in [0.2, 0.25) is 0 Å². The Labute approximate surface area is 57.3 Å². The van der Waals surface area contributed by atoms with Gasteiger partial charge in [0, 0.05) is 6.54 Å². The third-order valence-electron chi connectivity index (χ3n) is 0.879. The number of rotatable bonds is 3. The van der Waals surface area contributed by atoms with E-state index < -0.39 is 0 Å². The van der Waals surface area contributed by atoms with Gasteiger partial charge in [0.15, 0.2) is 0 Å². The van der Waals surface area contributed by atoms with Crippen LogP contribution in [0.4, 0.5) is 0 Å². The highest BCUT2D eigenvalue weighted by atomic mass is 14.5. The average molecular weight is 125 g/mol. The maximum absolute atomic E-state index is 5.22. The molecule has 0 fully saturated rings. The highest BCUT2D eigenvalue weighted by Crippen LogP contribution is 1.92. The van der Waals surface area contributed by atoms with Gasteiger partial charge in [-0.2, -0.15) is 0 Å². The Morgan fingerprint density at radius 1 is 1.33 bits per heavy atom. The lowest BCUT2D eigenvalue weighted by atomic mass is 10.2. The van der Waals surface area contributed by atoms with Crippen LogP contribution in [0.3, 0.4) is 0 Å². The number of allylic oxidation sites excluding steroid dienone is 3. The summed E-state index contributed by atoms with van der Waals surface area (Å²) in [6.07, 6.45) is 8.06. The minimum atomic E-state index is 0.627. The van der Waals surface area contributed by atoms with Crippen molar-refractivity contribution in [3.05, 3.63) is 24.3 Å². The number of hydrogen-bond acceptors (Lipinski definition) is 1. The highest BCUT2D eigenvalue weighted by molar-refractivity contribution is 5.03. The van der Waals surface area contributed by atoms with Gasteiger partial charge in [0.25, 0.3) is 0 Å². The van der Waals surface area contributed by atoms with Crippen LogP contribution in [0.1, 0.15) is 13.8 Å². The van der Waals surface area contributed by atoms with Crippen LogP contribution in [0.5, 0.6) is 0 Å². The SMILES string of the molecule is CC(C)/C=C/C=C\CN. The van der Waals surface area contributed by atoms with Gasteiger partial charge in [0.05, 0.1) is 0 Å². The molecular formula is C8H15N. The van der Waals surface area contributed by atoms with Gasteiger partial charge in [-0.15, -0.1) is 0 Å². The van der Waals surface area contributed by atoms with E-state index in [4.69, 9.17) is 5.73 Å². The maximum atomic E-state index is 5.22. The monoisotopic (exact) mass is 125 g/mol. The van der Waals surface area contributed by atoms with E-state index in [0.717, 1.165) is 0 Å². The van der Waals surface area contributed by atoms with Crippen molar-refractivity contribution in [3.63, 3.8) is 0 Å². The van der Waals surface area contributed by atoms with Crippen LogP contribution in [-0.2, 0) is 0 Å². The standard InChI is InChI=1S/C8H15N/c1-8(2)6-4-3-5-7-9/h3-6,8H,7,9H2,1-2H3/b5-3-,6-4+. The van der Waals surface area contributed by atoms with Crippen LogP contribution in [-0.4, -0.2) is 6.54 Å². The lowest BCUT2D eigenvalue weighted by molar-refractivity contribution is 0.832. The van der Waals surface area contributed by atoms with Crippen molar-refractivity contribution >= 4 is 0 Å². The Hall–Kier alpha value is -0.560. The van der Waals surface area contributed by atoms with Crippen LogP contribution in [0.25, 0.3) is 0 Å². The quantitative estimate of drug-likeness (QED) is 0.571. The molecule has 52 valence electrons. The molecular weight excluding hydrogens is 110 g/mol. The molecule has 0 heterocycles. The molecule has 0 unspecified atom stereocenters. The van der Waals surface area contributed by atoms with Gasteiger partial charge in [0.1, 0.15) is 0 Å². The first-order valence-electron chi connectivity index (χ1n) is 3.30. The second-order valence-electron chi connectivity index (χ2n) is 2.29. The first kappa shape index (κ1) is 8.44. The van der Waals surface area contributed by atoms with Crippen molar-refractivity contribution in [2.24, 2.45) is 11.7 Å². The Balaban J connectivity index is 3.35. The minimum absolute atomic E-state index is 0.627. The normalized spacial score (nSPS) is 12.4. The third-order valence-corrected chi connectivity index (χ3v) is 0.879. The second-order valence-corrected chi connectivity index (χ2v) is 2.29. The fraction of sp³-hybridized carbons (Fsp3) is 0.500. The van der Waals surface area contributed by atoms with Gasteiger partial charge in [-0.25, -0.2) is 0 Å². The summed E-state index contributed by atoms with van der Waals surface area (Å²) in [6, 6.07) is 0. The van der Waals surface area contributed by atoms with E-state index >= 15 is 0 Å². The van der Waals surface area contributed by atoms with Crippen LogP contribution >= 0.6 is 0 Å². The molecule has 1 heteroatoms. The molecule has 0 atom stereocenters. The second kappa shape index (κ2) is 5.57. The van der Waals surface area contributed by atoms with Crippen molar-refractivity contribution in [2.75, 3.05) is 6.54 Å². The molecule has 1 nitrogen and oxygen atoms in total.